The van der Waals surface area contributed by atoms with Crippen molar-refractivity contribution in [1.82, 2.24) is 4.90 Å². The highest BCUT2D eigenvalue weighted by molar-refractivity contribution is 6.02. The second kappa shape index (κ2) is 8.49. The average Bonchev–Trinajstić information content (AvgIpc) is 3.15. The number of benzene rings is 2. The third-order valence-electron chi connectivity index (χ3n) is 5.44. The monoisotopic (exact) mass is 391 g/mol. The van der Waals surface area contributed by atoms with Crippen molar-refractivity contribution in [1.29, 1.82) is 0 Å². The topological polar surface area (TPSA) is 72.9 Å². The number of hydrogen-bond acceptors (Lipinski definition) is 4. The summed E-state index contributed by atoms with van der Waals surface area (Å²) in [5, 5.41) is 12.4. The number of amides is 2. The number of nitrogens with zero attached hydrogens (tertiary/aromatic N) is 2. The van der Waals surface area contributed by atoms with E-state index in [1.165, 1.54) is 5.57 Å². The molecule has 2 heterocycles. The van der Waals surface area contributed by atoms with Gasteiger partial charge in [0.1, 0.15) is 5.75 Å². The van der Waals surface area contributed by atoms with Gasteiger partial charge in [0.05, 0.1) is 17.9 Å². The van der Waals surface area contributed by atoms with Gasteiger partial charge in [-0.15, -0.1) is 0 Å². The highest BCUT2D eigenvalue weighted by Crippen LogP contribution is 2.29. The minimum atomic E-state index is -0.0782. The number of phenols is 1. The van der Waals surface area contributed by atoms with Gasteiger partial charge in [0, 0.05) is 26.1 Å². The van der Waals surface area contributed by atoms with Crippen molar-refractivity contribution in [3.8, 4) is 5.75 Å². The molecule has 2 aromatic carbocycles. The van der Waals surface area contributed by atoms with Crippen LogP contribution in [-0.4, -0.2) is 48.0 Å². The number of carbonyl (C=O) groups excluding carboxylic acids is 2. The molecule has 150 valence electrons. The number of anilines is 2. The van der Waals surface area contributed by atoms with Gasteiger partial charge >= 0.3 is 0 Å². The highest BCUT2D eigenvalue weighted by atomic mass is 16.3. The molecule has 0 aromatic heterocycles. The van der Waals surface area contributed by atoms with Crippen molar-refractivity contribution in [3.63, 3.8) is 0 Å². The summed E-state index contributed by atoms with van der Waals surface area (Å²) in [5.74, 6) is 0.291. The molecule has 0 spiro atoms. The zero-order valence-corrected chi connectivity index (χ0v) is 16.3. The summed E-state index contributed by atoms with van der Waals surface area (Å²) < 4.78 is 0. The van der Waals surface area contributed by atoms with Crippen LogP contribution in [0.1, 0.15) is 24.8 Å². The number of hydrogen-bond donors (Lipinski definition) is 2. The van der Waals surface area contributed by atoms with E-state index in [-0.39, 0.29) is 17.6 Å². The third kappa shape index (κ3) is 4.49. The van der Waals surface area contributed by atoms with Gasteiger partial charge in [0.15, 0.2) is 0 Å². The Bertz CT molecular complexity index is 937. The van der Waals surface area contributed by atoms with Crippen LogP contribution in [0.2, 0.25) is 0 Å². The number of para-hydroxylation sites is 2. The fraction of sp³-hybridized carbons (Fsp3) is 0.304. The lowest BCUT2D eigenvalue weighted by molar-refractivity contribution is -0.118. The zero-order valence-electron chi connectivity index (χ0n) is 16.3. The molecule has 6 heteroatoms. The first-order valence-electron chi connectivity index (χ1n) is 10.0. The molecule has 29 heavy (non-hydrogen) atoms. The van der Waals surface area contributed by atoms with Crippen LogP contribution in [-0.2, 0) is 9.59 Å². The van der Waals surface area contributed by atoms with Gasteiger partial charge in [-0.1, -0.05) is 30.3 Å². The van der Waals surface area contributed by atoms with Crippen LogP contribution in [0.5, 0.6) is 5.75 Å². The second-order valence-electron chi connectivity index (χ2n) is 7.48. The smallest absolute Gasteiger partial charge is 0.238 e. The van der Waals surface area contributed by atoms with Crippen molar-refractivity contribution < 1.29 is 14.7 Å². The van der Waals surface area contributed by atoms with Crippen molar-refractivity contribution in [2.75, 3.05) is 36.4 Å². The van der Waals surface area contributed by atoms with Crippen LogP contribution in [0.4, 0.5) is 11.4 Å². The molecule has 0 aliphatic carbocycles. The molecule has 2 amide bonds. The maximum absolute atomic E-state index is 12.6. The summed E-state index contributed by atoms with van der Waals surface area (Å²) in [6, 6.07) is 14.7. The normalized spacial score (nSPS) is 17.3. The van der Waals surface area contributed by atoms with Gasteiger partial charge in [-0.2, -0.15) is 0 Å². The van der Waals surface area contributed by atoms with E-state index in [1.54, 1.807) is 17.0 Å². The molecular formula is C23H25N3O3. The molecule has 0 saturated carbocycles. The van der Waals surface area contributed by atoms with Crippen molar-refractivity contribution in [2.24, 2.45) is 0 Å². The van der Waals surface area contributed by atoms with Gasteiger partial charge in [-0.3, -0.25) is 14.5 Å². The first kappa shape index (κ1) is 19.2. The SMILES string of the molecule is O=C(CN1CC=C(c2ccc(O)cc2)CC1)Nc1ccccc1N1CCCC1=O. The Morgan fingerprint density at radius 1 is 1.03 bits per heavy atom. The summed E-state index contributed by atoms with van der Waals surface area (Å²) in [4.78, 5) is 28.5. The van der Waals surface area contributed by atoms with E-state index in [0.717, 1.165) is 30.6 Å². The highest BCUT2D eigenvalue weighted by Gasteiger charge is 2.24. The van der Waals surface area contributed by atoms with Gasteiger partial charge in [0.2, 0.25) is 11.8 Å². The van der Waals surface area contributed by atoms with E-state index in [4.69, 9.17) is 0 Å². The summed E-state index contributed by atoms with van der Waals surface area (Å²) >= 11 is 0. The Labute approximate surface area is 170 Å². The Balaban J connectivity index is 1.36. The van der Waals surface area contributed by atoms with E-state index in [1.807, 2.05) is 36.4 Å². The molecule has 0 atom stereocenters. The molecule has 1 saturated heterocycles. The largest absolute Gasteiger partial charge is 0.508 e. The molecule has 2 aromatic rings. The van der Waals surface area contributed by atoms with Crippen LogP contribution in [0.15, 0.2) is 54.6 Å². The molecule has 0 radical (unpaired) electrons. The van der Waals surface area contributed by atoms with Crippen LogP contribution in [0.25, 0.3) is 5.57 Å². The molecule has 0 bridgehead atoms. The van der Waals surface area contributed by atoms with Crippen LogP contribution in [0.3, 0.4) is 0 Å². The van der Waals surface area contributed by atoms with Gasteiger partial charge in [-0.25, -0.2) is 0 Å². The lowest BCUT2D eigenvalue weighted by atomic mass is 9.99. The fourth-order valence-electron chi connectivity index (χ4n) is 3.90. The van der Waals surface area contributed by atoms with Crippen LogP contribution >= 0.6 is 0 Å². The minimum absolute atomic E-state index is 0.0782. The van der Waals surface area contributed by atoms with E-state index < -0.39 is 0 Å². The average molecular weight is 391 g/mol. The quantitative estimate of drug-likeness (QED) is 0.821. The predicted octanol–water partition coefficient (Wildman–Crippen LogP) is 3.25. The number of nitrogens with one attached hydrogen (secondary N) is 1. The molecule has 4 rings (SSSR count). The minimum Gasteiger partial charge on any atom is -0.508 e. The predicted molar refractivity (Wildman–Crippen MR) is 114 cm³/mol. The Morgan fingerprint density at radius 2 is 1.83 bits per heavy atom. The summed E-state index contributed by atoms with van der Waals surface area (Å²) in [6.45, 7) is 2.51. The number of phenolic OH excluding ortho intramolecular Hbond substituents is 1. The van der Waals surface area contributed by atoms with E-state index in [0.29, 0.717) is 31.7 Å². The van der Waals surface area contributed by atoms with E-state index in [9.17, 15) is 14.7 Å². The van der Waals surface area contributed by atoms with Crippen LogP contribution < -0.4 is 10.2 Å². The number of rotatable bonds is 5. The van der Waals surface area contributed by atoms with E-state index >= 15 is 0 Å². The first-order valence-corrected chi connectivity index (χ1v) is 10.0. The second-order valence-corrected chi connectivity index (χ2v) is 7.48. The Kier molecular flexibility index (Phi) is 5.62. The van der Waals surface area contributed by atoms with Gasteiger partial charge in [-0.05, 0) is 48.2 Å². The Morgan fingerprint density at radius 3 is 2.52 bits per heavy atom. The standard InChI is InChI=1S/C23H25N3O3/c27-19-9-7-17(8-10-19)18-11-14-25(15-12-18)16-22(28)24-20-4-1-2-5-21(20)26-13-3-6-23(26)29/h1-2,4-5,7-11,27H,3,6,12-16H2,(H,24,28). The summed E-state index contributed by atoms with van der Waals surface area (Å²) in [6.07, 6.45) is 4.41. The number of carbonyl (C=O) groups is 2. The number of aromatic hydroxyl groups is 1. The maximum Gasteiger partial charge on any atom is 0.238 e. The van der Waals surface area contributed by atoms with Gasteiger partial charge in [0.25, 0.3) is 0 Å². The first-order chi connectivity index (χ1) is 14.1. The third-order valence-corrected chi connectivity index (χ3v) is 5.44. The summed E-state index contributed by atoms with van der Waals surface area (Å²) in [7, 11) is 0. The molecular weight excluding hydrogens is 366 g/mol. The lowest BCUT2D eigenvalue weighted by Gasteiger charge is -2.26. The molecule has 2 aliphatic rings. The zero-order chi connectivity index (χ0) is 20.2. The Hall–Kier alpha value is -3.12. The lowest BCUT2D eigenvalue weighted by Crippen LogP contribution is -2.36. The van der Waals surface area contributed by atoms with E-state index in [2.05, 4.69) is 16.3 Å². The molecule has 0 unspecified atom stereocenters. The molecule has 1 fully saturated rings. The fourth-order valence-corrected chi connectivity index (χ4v) is 3.90. The van der Waals surface area contributed by atoms with Crippen molar-refractivity contribution in [2.45, 2.75) is 19.3 Å². The molecule has 2 N–H and O–H groups in total. The summed E-state index contributed by atoms with van der Waals surface area (Å²) in [5.41, 5.74) is 3.80. The van der Waals surface area contributed by atoms with Gasteiger partial charge < -0.3 is 15.3 Å². The maximum atomic E-state index is 12.6. The van der Waals surface area contributed by atoms with Crippen LogP contribution in [0, 0.1) is 0 Å². The van der Waals surface area contributed by atoms with Crippen molar-refractivity contribution >= 4 is 28.8 Å². The van der Waals surface area contributed by atoms with Crippen molar-refractivity contribution in [3.05, 3.63) is 60.2 Å². The molecule has 2 aliphatic heterocycles. The molecule has 6 nitrogen and oxygen atoms in total.